The first kappa shape index (κ1) is 15.0. The lowest BCUT2D eigenvalue weighted by Gasteiger charge is -2.12. The Morgan fingerprint density at radius 3 is 2.45 bits per heavy atom. The van der Waals surface area contributed by atoms with E-state index in [0.717, 1.165) is 32.4 Å². The van der Waals surface area contributed by atoms with Gasteiger partial charge in [0.15, 0.2) is 0 Å². The summed E-state index contributed by atoms with van der Waals surface area (Å²) in [5, 5.41) is 6.47. The van der Waals surface area contributed by atoms with Crippen molar-refractivity contribution in [1.29, 1.82) is 0 Å². The van der Waals surface area contributed by atoms with Crippen molar-refractivity contribution in [2.45, 2.75) is 59.0 Å². The molecule has 1 aromatic carbocycles. The van der Waals surface area contributed by atoms with Crippen LogP contribution < -0.4 is 10.6 Å². The van der Waals surface area contributed by atoms with Crippen molar-refractivity contribution in [1.82, 2.24) is 10.6 Å². The second kappa shape index (κ2) is 6.89. The molecule has 0 radical (unpaired) electrons. The second-order valence-electron chi connectivity index (χ2n) is 6.00. The van der Waals surface area contributed by atoms with E-state index in [4.69, 9.17) is 0 Å². The molecule has 0 atom stereocenters. The lowest BCUT2D eigenvalue weighted by Crippen LogP contribution is -2.26. The highest BCUT2D eigenvalue weighted by molar-refractivity contribution is 5.76. The summed E-state index contributed by atoms with van der Waals surface area (Å²) in [6.45, 7) is 8.25. The Hall–Kier alpha value is -1.35. The van der Waals surface area contributed by atoms with Gasteiger partial charge >= 0.3 is 0 Å². The number of hydrogen-bond donors (Lipinski definition) is 2. The predicted molar refractivity (Wildman–Crippen MR) is 82.8 cm³/mol. The molecule has 3 nitrogen and oxygen atoms in total. The molecule has 1 fully saturated rings. The van der Waals surface area contributed by atoms with Crippen molar-refractivity contribution in [3.8, 4) is 0 Å². The minimum absolute atomic E-state index is 0.206. The van der Waals surface area contributed by atoms with Crippen molar-refractivity contribution in [3.63, 3.8) is 0 Å². The van der Waals surface area contributed by atoms with E-state index in [2.05, 4.69) is 43.5 Å². The van der Waals surface area contributed by atoms with E-state index in [0.29, 0.717) is 12.5 Å². The summed E-state index contributed by atoms with van der Waals surface area (Å²) in [5.41, 5.74) is 5.40. The first-order chi connectivity index (χ1) is 9.56. The van der Waals surface area contributed by atoms with E-state index in [1.165, 1.54) is 22.3 Å². The molecule has 2 N–H and O–H groups in total. The number of rotatable bonds is 7. The highest BCUT2D eigenvalue weighted by Gasteiger charge is 2.22. The summed E-state index contributed by atoms with van der Waals surface area (Å²) in [6.07, 6.45) is 3.86. The van der Waals surface area contributed by atoms with Crippen LogP contribution in [0.1, 0.15) is 47.9 Å². The van der Waals surface area contributed by atoms with Crippen molar-refractivity contribution in [2.75, 3.05) is 6.54 Å². The van der Waals surface area contributed by atoms with Crippen molar-refractivity contribution >= 4 is 5.91 Å². The van der Waals surface area contributed by atoms with Crippen LogP contribution in [0.5, 0.6) is 0 Å². The van der Waals surface area contributed by atoms with Gasteiger partial charge in [-0.3, -0.25) is 4.79 Å². The molecule has 110 valence electrons. The van der Waals surface area contributed by atoms with Gasteiger partial charge in [-0.1, -0.05) is 17.7 Å². The quantitative estimate of drug-likeness (QED) is 0.751. The fraction of sp³-hybridized carbons (Fsp3) is 0.588. The molecule has 1 amide bonds. The smallest absolute Gasteiger partial charge is 0.220 e. The zero-order chi connectivity index (χ0) is 14.5. The largest absolute Gasteiger partial charge is 0.353 e. The Morgan fingerprint density at radius 1 is 1.20 bits per heavy atom. The van der Waals surface area contributed by atoms with Crippen LogP contribution in [-0.2, 0) is 11.3 Å². The highest BCUT2D eigenvalue weighted by atomic mass is 16.1. The van der Waals surface area contributed by atoms with Gasteiger partial charge in [0, 0.05) is 19.0 Å². The standard InChI is InChI=1S/C17H26N2O/c1-12-9-13(2)16(14(3)10-12)11-18-8-4-5-17(20)19-15-6-7-15/h9-10,15,18H,4-8,11H2,1-3H3,(H,19,20). The number of carbonyl (C=O) groups is 1. The molecule has 0 bridgehead atoms. The van der Waals surface area contributed by atoms with E-state index in [9.17, 15) is 4.79 Å². The molecule has 2 rings (SSSR count). The average molecular weight is 274 g/mol. The van der Waals surface area contributed by atoms with Gasteiger partial charge in [-0.05, 0) is 63.3 Å². The van der Waals surface area contributed by atoms with E-state index in [1.807, 2.05) is 0 Å². The van der Waals surface area contributed by atoms with E-state index < -0.39 is 0 Å². The molecule has 1 saturated carbocycles. The Labute approximate surface area is 122 Å². The lowest BCUT2D eigenvalue weighted by atomic mass is 10.00. The van der Waals surface area contributed by atoms with Crippen LogP contribution in [0.4, 0.5) is 0 Å². The molecule has 0 heterocycles. The molecule has 1 aliphatic rings. The molecular formula is C17H26N2O. The van der Waals surface area contributed by atoms with Gasteiger partial charge in [-0.25, -0.2) is 0 Å². The Kier molecular flexibility index (Phi) is 5.18. The third-order valence-electron chi connectivity index (χ3n) is 3.84. The molecular weight excluding hydrogens is 248 g/mol. The van der Waals surface area contributed by atoms with Gasteiger partial charge < -0.3 is 10.6 Å². The molecule has 3 heteroatoms. The van der Waals surface area contributed by atoms with E-state index in [1.54, 1.807) is 0 Å². The van der Waals surface area contributed by atoms with Gasteiger partial charge in [0.1, 0.15) is 0 Å². The number of hydrogen-bond acceptors (Lipinski definition) is 2. The van der Waals surface area contributed by atoms with Crippen molar-refractivity contribution in [3.05, 3.63) is 34.4 Å². The molecule has 0 spiro atoms. The number of nitrogens with one attached hydrogen (secondary N) is 2. The minimum Gasteiger partial charge on any atom is -0.353 e. The monoisotopic (exact) mass is 274 g/mol. The van der Waals surface area contributed by atoms with Crippen molar-refractivity contribution < 1.29 is 4.79 Å². The summed E-state index contributed by atoms with van der Waals surface area (Å²) in [5.74, 6) is 0.206. The van der Waals surface area contributed by atoms with Gasteiger partial charge in [0.25, 0.3) is 0 Å². The Morgan fingerprint density at radius 2 is 1.85 bits per heavy atom. The fourth-order valence-electron chi connectivity index (χ4n) is 2.60. The molecule has 0 unspecified atom stereocenters. The van der Waals surface area contributed by atoms with Gasteiger partial charge in [-0.15, -0.1) is 0 Å². The summed E-state index contributed by atoms with van der Waals surface area (Å²) < 4.78 is 0. The highest BCUT2D eigenvalue weighted by Crippen LogP contribution is 2.18. The fourth-order valence-corrected chi connectivity index (χ4v) is 2.60. The van der Waals surface area contributed by atoms with Gasteiger partial charge in [-0.2, -0.15) is 0 Å². The van der Waals surface area contributed by atoms with Crippen LogP contribution in [-0.4, -0.2) is 18.5 Å². The third kappa shape index (κ3) is 4.64. The summed E-state index contributed by atoms with van der Waals surface area (Å²) in [4.78, 5) is 11.5. The molecule has 0 aliphatic heterocycles. The van der Waals surface area contributed by atoms with Crippen LogP contribution in [0.25, 0.3) is 0 Å². The van der Waals surface area contributed by atoms with Crippen LogP contribution in [0, 0.1) is 20.8 Å². The van der Waals surface area contributed by atoms with E-state index >= 15 is 0 Å². The van der Waals surface area contributed by atoms with Crippen LogP contribution in [0.3, 0.4) is 0 Å². The number of aryl methyl sites for hydroxylation is 3. The molecule has 1 aromatic rings. The second-order valence-corrected chi connectivity index (χ2v) is 6.00. The van der Waals surface area contributed by atoms with Crippen LogP contribution in [0.15, 0.2) is 12.1 Å². The van der Waals surface area contributed by atoms with Crippen LogP contribution in [0.2, 0.25) is 0 Å². The minimum atomic E-state index is 0.206. The number of carbonyl (C=O) groups excluding carboxylic acids is 1. The average Bonchev–Trinajstić information content (AvgIpc) is 3.15. The van der Waals surface area contributed by atoms with Gasteiger partial charge in [0.2, 0.25) is 5.91 Å². The lowest BCUT2D eigenvalue weighted by molar-refractivity contribution is -0.121. The maximum Gasteiger partial charge on any atom is 0.220 e. The first-order valence-electron chi connectivity index (χ1n) is 7.63. The summed E-state index contributed by atoms with van der Waals surface area (Å²) in [6, 6.07) is 4.94. The van der Waals surface area contributed by atoms with Gasteiger partial charge in [0.05, 0.1) is 0 Å². The molecule has 1 aliphatic carbocycles. The SMILES string of the molecule is Cc1cc(C)c(CNCCCC(=O)NC2CC2)c(C)c1. The topological polar surface area (TPSA) is 41.1 Å². The molecule has 0 aromatic heterocycles. The summed E-state index contributed by atoms with van der Waals surface area (Å²) >= 11 is 0. The summed E-state index contributed by atoms with van der Waals surface area (Å²) in [7, 11) is 0. The van der Waals surface area contributed by atoms with Crippen LogP contribution >= 0.6 is 0 Å². The Balaban J connectivity index is 1.66. The van der Waals surface area contributed by atoms with Crippen molar-refractivity contribution in [2.24, 2.45) is 0 Å². The predicted octanol–water partition coefficient (Wildman–Crippen LogP) is 2.76. The Bertz CT molecular complexity index is 455. The molecule has 0 saturated heterocycles. The maximum atomic E-state index is 11.5. The molecule has 20 heavy (non-hydrogen) atoms. The normalized spacial score (nSPS) is 14.3. The zero-order valence-electron chi connectivity index (χ0n) is 12.9. The zero-order valence-corrected chi connectivity index (χ0v) is 12.9. The number of benzene rings is 1. The van der Waals surface area contributed by atoms with E-state index in [-0.39, 0.29) is 5.91 Å². The number of amides is 1. The first-order valence-corrected chi connectivity index (χ1v) is 7.63. The third-order valence-corrected chi connectivity index (χ3v) is 3.84. The maximum absolute atomic E-state index is 11.5.